The fourth-order valence-corrected chi connectivity index (χ4v) is 7.73. The Bertz CT molecular complexity index is 2170. The van der Waals surface area contributed by atoms with Crippen LogP contribution < -0.4 is 25.0 Å². The summed E-state index contributed by atoms with van der Waals surface area (Å²) in [6, 6.07) is 8.00. The molecule has 0 radical (unpaired) electrons. The van der Waals surface area contributed by atoms with Crippen molar-refractivity contribution in [1.82, 2.24) is 20.4 Å². The van der Waals surface area contributed by atoms with Gasteiger partial charge in [-0.3, -0.25) is 9.44 Å². The van der Waals surface area contributed by atoms with Crippen LogP contribution in [0.25, 0.3) is 0 Å². The van der Waals surface area contributed by atoms with Gasteiger partial charge in [-0.1, -0.05) is 42.6 Å². The molecule has 2 atom stereocenters. The quantitative estimate of drug-likeness (QED) is 0.102. The highest BCUT2D eigenvalue weighted by molar-refractivity contribution is 7.93. The number of hydrogen-bond acceptors (Lipinski definition) is 15. The number of rotatable bonds is 10. The number of nitrogen functional groups attached to an aromatic ring is 1. The predicted molar refractivity (Wildman–Crippen MR) is 209 cm³/mol. The van der Waals surface area contributed by atoms with Gasteiger partial charge in [-0.05, 0) is 87.8 Å². The van der Waals surface area contributed by atoms with E-state index in [0.29, 0.717) is 23.8 Å². The first-order chi connectivity index (χ1) is 26.7. The van der Waals surface area contributed by atoms with Crippen molar-refractivity contribution in [3.05, 3.63) is 52.5 Å². The van der Waals surface area contributed by atoms with Crippen molar-refractivity contribution in [3.8, 4) is 0 Å². The van der Waals surface area contributed by atoms with Crippen LogP contribution >= 0.6 is 22.7 Å². The number of halogens is 6. The van der Waals surface area contributed by atoms with E-state index in [4.69, 9.17) is 5.73 Å². The molecule has 4 heterocycles. The molecule has 314 valence electrons. The first kappa shape index (κ1) is 45.3. The maximum absolute atomic E-state index is 12.9. The first-order valence-corrected chi connectivity index (χ1v) is 22.1. The maximum atomic E-state index is 12.9. The minimum atomic E-state index is -5.61. The molecule has 0 bridgehead atoms. The molecule has 0 spiro atoms. The number of fused-ring (bicyclic) bond motifs is 2. The molecule has 6 rings (SSSR count). The molecule has 15 nitrogen and oxygen atoms in total. The first-order valence-electron chi connectivity index (χ1n) is 17.4. The van der Waals surface area contributed by atoms with Gasteiger partial charge in [0.2, 0.25) is 5.13 Å². The van der Waals surface area contributed by atoms with E-state index in [1.807, 2.05) is 20.8 Å². The van der Waals surface area contributed by atoms with Gasteiger partial charge >= 0.3 is 31.1 Å². The van der Waals surface area contributed by atoms with E-state index in [9.17, 15) is 43.2 Å². The summed E-state index contributed by atoms with van der Waals surface area (Å²) >= 11 is 2.43. The average Bonchev–Trinajstić information content (AvgIpc) is 3.84. The number of aryl methyl sites for hydroxylation is 2. The molecule has 4 N–H and O–H groups in total. The molecule has 2 aliphatic rings. The average molecular weight is 886 g/mol. The second-order valence-corrected chi connectivity index (χ2v) is 17.8. The number of aromatic nitrogens is 4. The molecule has 25 heteroatoms. The molecule has 57 heavy (non-hydrogen) atoms. The van der Waals surface area contributed by atoms with Gasteiger partial charge < -0.3 is 15.5 Å². The van der Waals surface area contributed by atoms with Crippen LogP contribution in [0.1, 0.15) is 64.5 Å². The van der Waals surface area contributed by atoms with Crippen LogP contribution in [0, 0.1) is 0 Å². The number of azo groups is 1. The van der Waals surface area contributed by atoms with E-state index in [2.05, 4.69) is 47.3 Å². The monoisotopic (exact) mass is 885 g/mol. The third kappa shape index (κ3) is 11.8. The lowest BCUT2D eigenvalue weighted by atomic mass is 9.95. The Kier molecular flexibility index (Phi) is 15.1. The molecule has 2 aliphatic heterocycles. The number of sulfonamides is 2. The van der Waals surface area contributed by atoms with Gasteiger partial charge in [0.05, 0.1) is 11.4 Å². The molecule has 0 aliphatic carbocycles. The standard InChI is InChI=1S/C16H19F3N6O2S2.C14H19F3N2O2S.C2H3N3S/c1-3-6-25-10(2)4-5-11-7-12(21-23-15-22-20-9-28-15)13(8-14(11)25)24-29(26,27)16(17,18)19;1-3-8-19-10(2)4-5-11-6-7-12(9-13(11)19)18-22(20,21)14(15,16)17;3-2-5-4-1-6-2/h7-10,24H,3-6H2,1-2H3;6-7,9-10,18H,3-5,8H2,1-2H3;1H,(H2,3,5). The normalized spacial score (nSPS) is 17.2. The molecule has 0 amide bonds. The van der Waals surface area contributed by atoms with Crippen molar-refractivity contribution in [1.29, 1.82) is 0 Å². The van der Waals surface area contributed by atoms with Gasteiger partial charge in [-0.2, -0.15) is 43.2 Å². The van der Waals surface area contributed by atoms with Crippen molar-refractivity contribution in [2.24, 2.45) is 10.2 Å². The highest BCUT2D eigenvalue weighted by atomic mass is 32.2. The summed E-state index contributed by atoms with van der Waals surface area (Å²) in [5.74, 6) is 0. The minimum absolute atomic E-state index is 0.0159. The lowest BCUT2D eigenvalue weighted by molar-refractivity contribution is -0.0435. The third-order valence-corrected chi connectivity index (χ3v) is 11.9. The summed E-state index contributed by atoms with van der Waals surface area (Å²) in [6.45, 7) is 9.59. The van der Waals surface area contributed by atoms with E-state index < -0.39 is 31.1 Å². The Morgan fingerprint density at radius 2 is 1.32 bits per heavy atom. The fourth-order valence-electron chi connectivity index (χ4n) is 5.94. The van der Waals surface area contributed by atoms with Crippen LogP contribution in [0.3, 0.4) is 0 Å². The molecule has 4 aromatic rings. The van der Waals surface area contributed by atoms with E-state index in [-0.39, 0.29) is 34.3 Å². The van der Waals surface area contributed by atoms with Crippen LogP contribution in [0.15, 0.2) is 51.6 Å². The lowest BCUT2D eigenvalue weighted by Crippen LogP contribution is -2.38. The zero-order valence-electron chi connectivity index (χ0n) is 31.0. The van der Waals surface area contributed by atoms with Crippen molar-refractivity contribution < 1.29 is 43.2 Å². The maximum Gasteiger partial charge on any atom is 0.516 e. The Balaban J connectivity index is 0.000000226. The van der Waals surface area contributed by atoms with E-state index in [1.54, 1.807) is 27.1 Å². The van der Waals surface area contributed by atoms with Crippen LogP contribution in [0.2, 0.25) is 0 Å². The second-order valence-electron chi connectivity index (χ2n) is 12.8. The zero-order chi connectivity index (χ0) is 42.2. The zero-order valence-corrected chi connectivity index (χ0v) is 34.3. The second kappa shape index (κ2) is 18.9. The molecule has 2 aromatic carbocycles. The number of nitrogens with two attached hydrogens (primary N) is 1. The van der Waals surface area contributed by atoms with Gasteiger partial charge in [0, 0.05) is 36.5 Å². The number of alkyl halides is 6. The summed E-state index contributed by atoms with van der Waals surface area (Å²) in [5, 5.41) is 22.7. The summed E-state index contributed by atoms with van der Waals surface area (Å²) in [6.07, 6.45) is 5.12. The predicted octanol–water partition coefficient (Wildman–Crippen LogP) is 8.39. The smallest absolute Gasteiger partial charge is 0.374 e. The largest absolute Gasteiger partial charge is 0.516 e. The van der Waals surface area contributed by atoms with Crippen molar-refractivity contribution in [2.75, 3.05) is 38.1 Å². The molecule has 2 unspecified atom stereocenters. The van der Waals surface area contributed by atoms with Gasteiger partial charge in [0.1, 0.15) is 16.7 Å². The molecule has 0 fully saturated rings. The topological polar surface area (TPSA) is 201 Å². The van der Waals surface area contributed by atoms with Crippen LogP contribution in [-0.4, -0.2) is 73.4 Å². The Labute approximate surface area is 333 Å². The van der Waals surface area contributed by atoms with Gasteiger partial charge in [-0.15, -0.1) is 30.6 Å². The van der Waals surface area contributed by atoms with Gasteiger partial charge in [-0.25, -0.2) is 0 Å². The SMILES string of the molecule is CCCN1c2cc(NS(=O)(=O)C(F)(F)F)c(N=Nc3nncs3)cc2CCC1C.CCCN1c2cc(NS(=O)(=O)C(F)(F)F)ccc2CCC1C.Nc1nncs1. The number of hydrogen-bond donors (Lipinski definition) is 3. The van der Waals surface area contributed by atoms with Crippen molar-refractivity contribution in [3.63, 3.8) is 0 Å². The fraction of sp³-hybridized carbons (Fsp3) is 0.500. The Morgan fingerprint density at radius 1 is 0.772 bits per heavy atom. The Morgan fingerprint density at radius 3 is 1.81 bits per heavy atom. The summed E-state index contributed by atoms with van der Waals surface area (Å²) < 4.78 is 125. The Hall–Kier alpha value is -4.36. The number of nitrogens with zero attached hydrogens (tertiary/aromatic N) is 8. The lowest BCUT2D eigenvalue weighted by Gasteiger charge is -2.37. The molecular weight excluding hydrogens is 845 g/mol. The van der Waals surface area contributed by atoms with Crippen LogP contribution in [0.5, 0.6) is 0 Å². The van der Waals surface area contributed by atoms with Crippen molar-refractivity contribution in [2.45, 2.75) is 89.3 Å². The van der Waals surface area contributed by atoms with E-state index >= 15 is 0 Å². The molecule has 0 saturated heterocycles. The highest BCUT2D eigenvalue weighted by Crippen LogP contribution is 2.41. The summed E-state index contributed by atoms with van der Waals surface area (Å²) in [5.41, 5.74) is 0.411. The molecular formula is C32H41F6N11O4S4. The van der Waals surface area contributed by atoms with E-state index in [1.165, 1.54) is 35.0 Å². The highest BCUT2D eigenvalue weighted by Gasteiger charge is 2.47. The van der Waals surface area contributed by atoms with Gasteiger partial charge in [0.15, 0.2) is 0 Å². The third-order valence-electron chi connectivity index (χ3n) is 8.63. The molecule has 2 aromatic heterocycles. The van der Waals surface area contributed by atoms with E-state index in [0.717, 1.165) is 66.8 Å². The van der Waals surface area contributed by atoms with Crippen LogP contribution in [0.4, 0.5) is 65.0 Å². The molecule has 0 saturated carbocycles. The van der Waals surface area contributed by atoms with Crippen molar-refractivity contribution >= 4 is 81.4 Å². The summed E-state index contributed by atoms with van der Waals surface area (Å²) in [4.78, 5) is 4.18. The number of benzene rings is 2. The number of nitrogens with one attached hydrogen (secondary N) is 2. The summed E-state index contributed by atoms with van der Waals surface area (Å²) in [7, 11) is -11.0. The number of anilines is 5. The minimum Gasteiger partial charge on any atom is -0.374 e. The van der Waals surface area contributed by atoms with Gasteiger partial charge in [0.25, 0.3) is 5.13 Å². The van der Waals surface area contributed by atoms with Crippen LogP contribution in [-0.2, 0) is 32.9 Å².